The van der Waals surface area contributed by atoms with Gasteiger partial charge < -0.3 is 19.9 Å². The second-order valence-corrected chi connectivity index (χ2v) is 8.00. The molecule has 1 fully saturated rings. The number of alkyl halides is 1. The minimum Gasteiger partial charge on any atom is -0.382 e. The van der Waals surface area contributed by atoms with Crippen molar-refractivity contribution in [2.75, 3.05) is 12.3 Å². The van der Waals surface area contributed by atoms with Crippen molar-refractivity contribution in [2.24, 2.45) is 0 Å². The summed E-state index contributed by atoms with van der Waals surface area (Å²) in [5.41, 5.74) is 9.11. The quantitative estimate of drug-likeness (QED) is 0.440. The molecular weight excluding hydrogens is 423 g/mol. The summed E-state index contributed by atoms with van der Waals surface area (Å²) < 4.78 is 35.4. The summed E-state index contributed by atoms with van der Waals surface area (Å²) in [5, 5.41) is 4.23. The van der Waals surface area contributed by atoms with Crippen molar-refractivity contribution >= 4 is 11.3 Å². The van der Waals surface area contributed by atoms with Gasteiger partial charge in [-0.05, 0) is 23.3 Å². The van der Waals surface area contributed by atoms with E-state index in [-0.39, 0.29) is 13.2 Å². The normalized spacial score (nSPS) is 22.7. The molecule has 2 N–H and O–H groups in total. The van der Waals surface area contributed by atoms with E-state index in [9.17, 15) is 0 Å². The molecule has 33 heavy (non-hydrogen) atoms. The lowest BCUT2D eigenvalue weighted by molar-refractivity contribution is -0.0741. The van der Waals surface area contributed by atoms with E-state index in [2.05, 4.69) is 10.1 Å². The highest BCUT2D eigenvalue weighted by Gasteiger charge is 2.47. The second-order valence-electron chi connectivity index (χ2n) is 8.00. The molecule has 2 aromatic heterocycles. The smallest absolute Gasteiger partial charge is 0.160 e. The minimum atomic E-state index is -1.41. The standard InChI is InChI=1S/C25H25FN4O3/c26-22-23(19-11-12-20-25(27)28-16-29-30(19)20)33-21(15-31-13-17-7-3-1-4-8-17)24(22)32-14-18-9-5-2-6-10-18/h1-12,16,21-24H,13-15H2,(H2,27,28,29)/t21-,22+,23?,24-/m1/s1. The van der Waals surface area contributed by atoms with Gasteiger partial charge in [-0.25, -0.2) is 13.9 Å². The van der Waals surface area contributed by atoms with Gasteiger partial charge in [0.2, 0.25) is 0 Å². The van der Waals surface area contributed by atoms with Crippen LogP contribution in [0.2, 0.25) is 0 Å². The SMILES string of the molecule is Nc1ncnn2c(C3O[C@H](COCc4ccccc4)[C@@H](OCc4ccccc4)[C@H]3F)ccc12. The van der Waals surface area contributed by atoms with Crippen LogP contribution in [0.5, 0.6) is 0 Å². The summed E-state index contributed by atoms with van der Waals surface area (Å²) in [7, 11) is 0. The summed E-state index contributed by atoms with van der Waals surface area (Å²) in [6.07, 6.45) is -2.31. The van der Waals surface area contributed by atoms with Gasteiger partial charge in [-0.1, -0.05) is 60.7 Å². The van der Waals surface area contributed by atoms with E-state index in [4.69, 9.17) is 19.9 Å². The zero-order chi connectivity index (χ0) is 22.6. The number of rotatable bonds is 8. The third kappa shape index (κ3) is 4.59. The Hall–Kier alpha value is -3.33. The van der Waals surface area contributed by atoms with Gasteiger partial charge in [-0.3, -0.25) is 0 Å². The summed E-state index contributed by atoms with van der Waals surface area (Å²) in [6.45, 7) is 0.887. The van der Waals surface area contributed by atoms with Crippen LogP contribution in [0, 0.1) is 0 Å². The maximum absolute atomic E-state index is 15.8. The number of nitrogen functional groups attached to an aromatic ring is 1. The van der Waals surface area contributed by atoms with Gasteiger partial charge in [-0.2, -0.15) is 5.10 Å². The number of aromatic nitrogens is 3. The fraction of sp³-hybridized carbons (Fsp3) is 0.280. The molecule has 1 unspecified atom stereocenters. The third-order valence-corrected chi connectivity index (χ3v) is 5.77. The van der Waals surface area contributed by atoms with Crippen LogP contribution in [0.3, 0.4) is 0 Å². The molecule has 4 atom stereocenters. The molecule has 7 nitrogen and oxygen atoms in total. The first-order valence-corrected chi connectivity index (χ1v) is 10.9. The van der Waals surface area contributed by atoms with E-state index in [1.54, 1.807) is 16.6 Å². The van der Waals surface area contributed by atoms with Crippen molar-refractivity contribution in [1.82, 2.24) is 14.6 Å². The van der Waals surface area contributed by atoms with Crippen LogP contribution in [-0.2, 0) is 27.4 Å². The zero-order valence-electron chi connectivity index (χ0n) is 18.0. The summed E-state index contributed by atoms with van der Waals surface area (Å²) >= 11 is 0. The number of hydrogen-bond acceptors (Lipinski definition) is 6. The highest BCUT2D eigenvalue weighted by Crippen LogP contribution is 2.38. The van der Waals surface area contributed by atoms with Crippen molar-refractivity contribution in [3.05, 3.63) is 95.9 Å². The van der Waals surface area contributed by atoms with Crippen LogP contribution in [-0.4, -0.2) is 39.6 Å². The molecule has 3 heterocycles. The van der Waals surface area contributed by atoms with Gasteiger partial charge >= 0.3 is 0 Å². The average molecular weight is 448 g/mol. The first kappa shape index (κ1) is 21.5. The number of fused-ring (bicyclic) bond motifs is 1. The van der Waals surface area contributed by atoms with Crippen LogP contribution in [0.25, 0.3) is 5.52 Å². The Balaban J connectivity index is 1.35. The number of nitrogens with two attached hydrogens (primary N) is 1. The van der Waals surface area contributed by atoms with Gasteiger partial charge in [0.25, 0.3) is 0 Å². The molecule has 0 amide bonds. The van der Waals surface area contributed by atoms with Crippen molar-refractivity contribution < 1.29 is 18.6 Å². The molecule has 1 aliphatic rings. The van der Waals surface area contributed by atoms with Crippen LogP contribution >= 0.6 is 0 Å². The largest absolute Gasteiger partial charge is 0.382 e. The Morgan fingerprint density at radius 2 is 1.64 bits per heavy atom. The molecule has 1 aliphatic heterocycles. The molecule has 8 heteroatoms. The topological polar surface area (TPSA) is 83.9 Å². The fourth-order valence-electron chi connectivity index (χ4n) is 4.11. The predicted octanol–water partition coefficient (Wildman–Crippen LogP) is 3.89. The van der Waals surface area contributed by atoms with Crippen LogP contribution in [0.1, 0.15) is 22.9 Å². The number of benzene rings is 2. The Labute approximate surface area is 190 Å². The molecular formula is C25H25FN4O3. The molecule has 0 saturated carbocycles. The Morgan fingerprint density at radius 3 is 2.36 bits per heavy atom. The zero-order valence-corrected chi connectivity index (χ0v) is 18.0. The average Bonchev–Trinajstić information content (AvgIpc) is 3.41. The van der Waals surface area contributed by atoms with Gasteiger partial charge in [0.05, 0.1) is 25.5 Å². The first-order chi connectivity index (χ1) is 16.2. The molecule has 170 valence electrons. The van der Waals surface area contributed by atoms with E-state index in [1.807, 2.05) is 60.7 Å². The first-order valence-electron chi connectivity index (χ1n) is 10.9. The van der Waals surface area contributed by atoms with Crippen LogP contribution in [0.15, 0.2) is 79.1 Å². The lowest BCUT2D eigenvalue weighted by Crippen LogP contribution is -2.34. The highest BCUT2D eigenvalue weighted by atomic mass is 19.1. The van der Waals surface area contributed by atoms with E-state index < -0.39 is 24.5 Å². The predicted molar refractivity (Wildman–Crippen MR) is 121 cm³/mol. The number of nitrogens with zero attached hydrogens (tertiary/aromatic N) is 3. The maximum atomic E-state index is 15.8. The van der Waals surface area contributed by atoms with Gasteiger partial charge in [-0.15, -0.1) is 0 Å². The van der Waals surface area contributed by atoms with E-state index in [0.717, 1.165) is 11.1 Å². The lowest BCUT2D eigenvalue weighted by Gasteiger charge is -2.20. The molecule has 1 saturated heterocycles. The van der Waals surface area contributed by atoms with Crippen molar-refractivity contribution in [2.45, 2.75) is 37.7 Å². The highest BCUT2D eigenvalue weighted by molar-refractivity contribution is 5.65. The molecule has 4 aromatic rings. The molecule has 0 radical (unpaired) electrons. The molecule has 0 spiro atoms. The minimum absolute atomic E-state index is 0.200. The Morgan fingerprint density at radius 1 is 0.939 bits per heavy atom. The number of halogens is 1. The lowest BCUT2D eigenvalue weighted by atomic mass is 10.1. The van der Waals surface area contributed by atoms with Crippen molar-refractivity contribution in [3.8, 4) is 0 Å². The Kier molecular flexibility index (Phi) is 6.30. The maximum Gasteiger partial charge on any atom is 0.160 e. The third-order valence-electron chi connectivity index (χ3n) is 5.77. The van der Waals surface area contributed by atoms with E-state index in [0.29, 0.717) is 23.6 Å². The molecule has 2 aromatic carbocycles. The monoisotopic (exact) mass is 448 g/mol. The van der Waals surface area contributed by atoms with Crippen molar-refractivity contribution in [1.29, 1.82) is 0 Å². The van der Waals surface area contributed by atoms with Crippen LogP contribution < -0.4 is 5.73 Å². The molecule has 0 aliphatic carbocycles. The number of ether oxygens (including phenoxy) is 3. The summed E-state index contributed by atoms with van der Waals surface area (Å²) in [5.74, 6) is 0.323. The van der Waals surface area contributed by atoms with Gasteiger partial charge in [0.15, 0.2) is 12.0 Å². The van der Waals surface area contributed by atoms with E-state index >= 15 is 4.39 Å². The van der Waals surface area contributed by atoms with Gasteiger partial charge in [0.1, 0.15) is 30.2 Å². The molecule has 0 bridgehead atoms. The molecule has 5 rings (SSSR count). The summed E-state index contributed by atoms with van der Waals surface area (Å²) in [6, 6.07) is 23.0. The summed E-state index contributed by atoms with van der Waals surface area (Å²) in [4.78, 5) is 4.00. The fourth-order valence-corrected chi connectivity index (χ4v) is 4.11. The van der Waals surface area contributed by atoms with E-state index in [1.165, 1.54) is 6.33 Å². The number of anilines is 1. The van der Waals surface area contributed by atoms with Gasteiger partial charge in [0, 0.05) is 0 Å². The van der Waals surface area contributed by atoms with Crippen LogP contribution in [0.4, 0.5) is 10.2 Å². The number of hydrogen-bond donors (Lipinski definition) is 1. The Bertz CT molecular complexity index is 1190. The second kappa shape index (κ2) is 9.66. The van der Waals surface area contributed by atoms with Crippen molar-refractivity contribution in [3.63, 3.8) is 0 Å².